The molecule has 0 aliphatic rings. The summed E-state index contributed by atoms with van der Waals surface area (Å²) >= 11 is 2.94. The molecular weight excluding hydrogens is 332 g/mol. The molecule has 0 atom stereocenters. The number of rotatable bonds is 5. The van der Waals surface area contributed by atoms with Gasteiger partial charge in [-0.3, -0.25) is 9.36 Å². The number of anilines is 1. The monoisotopic (exact) mass is 346 g/mol. The number of amides is 1. The molecule has 3 heterocycles. The minimum absolute atomic E-state index is 0.146. The molecule has 0 bridgehead atoms. The van der Waals surface area contributed by atoms with E-state index in [0.29, 0.717) is 5.13 Å². The highest BCUT2D eigenvalue weighted by Gasteiger charge is 2.08. The predicted molar refractivity (Wildman–Crippen MR) is 89.9 cm³/mol. The molecule has 0 spiro atoms. The summed E-state index contributed by atoms with van der Waals surface area (Å²) in [5.41, 5.74) is 2.10. The fraction of sp³-hybridized carbons (Fsp3) is 0.214. The van der Waals surface area contributed by atoms with Gasteiger partial charge in [0.1, 0.15) is 12.1 Å². The van der Waals surface area contributed by atoms with Gasteiger partial charge in [0.25, 0.3) is 0 Å². The van der Waals surface area contributed by atoms with Crippen molar-refractivity contribution in [2.45, 2.75) is 23.9 Å². The summed E-state index contributed by atoms with van der Waals surface area (Å²) in [5, 5.41) is 11.1. The summed E-state index contributed by atoms with van der Waals surface area (Å²) in [6.45, 7) is 3.43. The topological polar surface area (TPSA) is 85.6 Å². The molecule has 0 aromatic carbocycles. The Morgan fingerprint density at radius 1 is 1.39 bits per heavy atom. The third-order valence-corrected chi connectivity index (χ3v) is 5.01. The molecule has 3 aromatic heterocycles. The van der Waals surface area contributed by atoms with Gasteiger partial charge in [-0.25, -0.2) is 9.97 Å². The normalized spacial score (nSPS) is 10.7. The molecule has 3 rings (SSSR count). The van der Waals surface area contributed by atoms with Gasteiger partial charge in [0, 0.05) is 30.8 Å². The number of carbonyl (C=O) groups excluding carboxylic acids is 1. The number of aromatic nitrogens is 5. The zero-order valence-electron chi connectivity index (χ0n) is 12.6. The zero-order chi connectivity index (χ0) is 16.2. The Balaban J connectivity index is 1.66. The average molecular weight is 346 g/mol. The van der Waals surface area contributed by atoms with Crippen LogP contribution < -0.4 is 5.32 Å². The summed E-state index contributed by atoms with van der Waals surface area (Å²) in [6, 6.07) is 4.02. The SMILES string of the molecule is CC(=O)Nc1nnc(SCc2ccc(-n3ccnc3)nc2C)s1. The van der Waals surface area contributed by atoms with Crippen LogP contribution in [0.15, 0.2) is 35.2 Å². The number of imidazole rings is 1. The lowest BCUT2D eigenvalue weighted by atomic mass is 10.2. The van der Waals surface area contributed by atoms with Gasteiger partial charge in [-0.1, -0.05) is 29.2 Å². The van der Waals surface area contributed by atoms with Crippen molar-refractivity contribution in [1.29, 1.82) is 0 Å². The maximum absolute atomic E-state index is 11.0. The molecule has 1 N–H and O–H groups in total. The van der Waals surface area contributed by atoms with Crippen LogP contribution in [0.5, 0.6) is 0 Å². The molecule has 0 saturated heterocycles. The number of carbonyl (C=O) groups is 1. The van der Waals surface area contributed by atoms with Crippen LogP contribution in [0.1, 0.15) is 18.2 Å². The van der Waals surface area contributed by atoms with Crippen molar-refractivity contribution in [2.75, 3.05) is 5.32 Å². The quantitative estimate of drug-likeness (QED) is 0.565. The summed E-state index contributed by atoms with van der Waals surface area (Å²) in [5.74, 6) is 1.45. The molecule has 9 heteroatoms. The number of thioether (sulfide) groups is 1. The minimum Gasteiger partial charge on any atom is -0.301 e. The fourth-order valence-corrected chi connectivity index (χ4v) is 3.73. The number of hydrogen-bond acceptors (Lipinski definition) is 7. The molecular formula is C14H14N6OS2. The highest BCUT2D eigenvalue weighted by atomic mass is 32.2. The standard InChI is InChI=1S/C14H14N6OS2/c1-9-11(3-4-12(16-9)20-6-5-15-8-20)7-22-14-19-18-13(23-14)17-10(2)21/h3-6,8H,7H2,1-2H3,(H,17,18,21). The molecule has 3 aromatic rings. The van der Waals surface area contributed by atoms with Gasteiger partial charge in [-0.05, 0) is 18.6 Å². The second kappa shape index (κ2) is 6.88. The van der Waals surface area contributed by atoms with E-state index in [1.807, 2.05) is 23.8 Å². The van der Waals surface area contributed by atoms with Crippen LogP contribution in [0, 0.1) is 6.92 Å². The number of hydrogen-bond donors (Lipinski definition) is 1. The van der Waals surface area contributed by atoms with Gasteiger partial charge >= 0.3 is 0 Å². The van der Waals surface area contributed by atoms with Crippen LogP contribution in [-0.4, -0.2) is 30.6 Å². The third kappa shape index (κ3) is 3.93. The molecule has 7 nitrogen and oxygen atoms in total. The van der Waals surface area contributed by atoms with Crippen LogP contribution >= 0.6 is 23.1 Å². The van der Waals surface area contributed by atoms with E-state index in [1.165, 1.54) is 18.3 Å². The number of aryl methyl sites for hydroxylation is 1. The lowest BCUT2D eigenvalue weighted by molar-refractivity contribution is -0.114. The number of nitrogens with zero attached hydrogens (tertiary/aromatic N) is 5. The maximum atomic E-state index is 11.0. The number of nitrogens with one attached hydrogen (secondary N) is 1. The molecule has 0 radical (unpaired) electrons. The van der Waals surface area contributed by atoms with Crippen molar-refractivity contribution in [3.63, 3.8) is 0 Å². The highest BCUT2D eigenvalue weighted by molar-refractivity contribution is 8.00. The molecule has 1 amide bonds. The Hall–Kier alpha value is -2.26. The van der Waals surface area contributed by atoms with Gasteiger partial charge in [-0.15, -0.1) is 10.2 Å². The van der Waals surface area contributed by atoms with Crippen molar-refractivity contribution >= 4 is 34.1 Å². The first-order chi connectivity index (χ1) is 11.1. The Kier molecular flexibility index (Phi) is 4.68. The Morgan fingerprint density at radius 3 is 2.96 bits per heavy atom. The van der Waals surface area contributed by atoms with Crippen molar-refractivity contribution in [3.05, 3.63) is 42.1 Å². The second-order valence-electron chi connectivity index (χ2n) is 4.73. The first-order valence-electron chi connectivity index (χ1n) is 6.80. The van der Waals surface area contributed by atoms with Crippen LogP contribution in [0.4, 0.5) is 5.13 Å². The van der Waals surface area contributed by atoms with Crippen LogP contribution in [0.3, 0.4) is 0 Å². The van der Waals surface area contributed by atoms with Crippen molar-refractivity contribution in [3.8, 4) is 5.82 Å². The van der Waals surface area contributed by atoms with Gasteiger partial charge in [-0.2, -0.15) is 0 Å². The Morgan fingerprint density at radius 2 is 2.26 bits per heavy atom. The molecule has 23 heavy (non-hydrogen) atoms. The summed E-state index contributed by atoms with van der Waals surface area (Å²) < 4.78 is 2.68. The van der Waals surface area contributed by atoms with Crippen LogP contribution in [0.25, 0.3) is 5.82 Å². The van der Waals surface area contributed by atoms with E-state index in [0.717, 1.165) is 27.2 Å². The first-order valence-corrected chi connectivity index (χ1v) is 8.61. The molecule has 0 unspecified atom stereocenters. The summed E-state index contributed by atoms with van der Waals surface area (Å²) in [7, 11) is 0. The smallest absolute Gasteiger partial charge is 0.223 e. The van der Waals surface area contributed by atoms with E-state index in [1.54, 1.807) is 24.3 Å². The van der Waals surface area contributed by atoms with E-state index >= 15 is 0 Å². The first kappa shape index (κ1) is 15.6. The maximum Gasteiger partial charge on any atom is 0.223 e. The summed E-state index contributed by atoms with van der Waals surface area (Å²) in [6.07, 6.45) is 5.31. The summed E-state index contributed by atoms with van der Waals surface area (Å²) in [4.78, 5) is 19.6. The van der Waals surface area contributed by atoms with E-state index in [9.17, 15) is 4.79 Å². The van der Waals surface area contributed by atoms with Crippen molar-refractivity contribution < 1.29 is 4.79 Å². The van der Waals surface area contributed by atoms with E-state index in [4.69, 9.17) is 0 Å². The van der Waals surface area contributed by atoms with Crippen LogP contribution in [-0.2, 0) is 10.5 Å². The second-order valence-corrected chi connectivity index (χ2v) is 6.93. The minimum atomic E-state index is -0.146. The largest absolute Gasteiger partial charge is 0.301 e. The Labute approximate surface area is 141 Å². The van der Waals surface area contributed by atoms with Gasteiger partial charge in [0.05, 0.1) is 0 Å². The lowest BCUT2D eigenvalue weighted by Crippen LogP contribution is -2.04. The molecule has 118 valence electrons. The van der Waals surface area contributed by atoms with Crippen LogP contribution in [0.2, 0.25) is 0 Å². The Bertz CT molecular complexity index is 815. The fourth-order valence-electron chi connectivity index (χ4n) is 1.88. The zero-order valence-corrected chi connectivity index (χ0v) is 14.2. The van der Waals surface area contributed by atoms with Gasteiger partial charge in [0.15, 0.2) is 4.34 Å². The molecule has 0 saturated carbocycles. The van der Waals surface area contributed by atoms with E-state index < -0.39 is 0 Å². The average Bonchev–Trinajstić information content (AvgIpc) is 3.17. The van der Waals surface area contributed by atoms with E-state index in [2.05, 4.69) is 31.5 Å². The molecule has 0 aliphatic carbocycles. The molecule has 0 fully saturated rings. The van der Waals surface area contributed by atoms with Gasteiger partial charge in [0.2, 0.25) is 11.0 Å². The lowest BCUT2D eigenvalue weighted by Gasteiger charge is -2.07. The predicted octanol–water partition coefficient (Wildman–Crippen LogP) is 2.68. The van der Waals surface area contributed by atoms with Gasteiger partial charge < -0.3 is 5.32 Å². The number of pyridine rings is 1. The van der Waals surface area contributed by atoms with Crippen molar-refractivity contribution in [1.82, 2.24) is 24.7 Å². The van der Waals surface area contributed by atoms with Crippen molar-refractivity contribution in [2.24, 2.45) is 0 Å². The molecule has 0 aliphatic heterocycles. The van der Waals surface area contributed by atoms with E-state index in [-0.39, 0.29) is 5.91 Å². The third-order valence-electron chi connectivity index (χ3n) is 2.99. The highest BCUT2D eigenvalue weighted by Crippen LogP contribution is 2.29.